The summed E-state index contributed by atoms with van der Waals surface area (Å²) >= 11 is 3.49. The molecule has 2 rings (SSSR count). The lowest BCUT2D eigenvalue weighted by Gasteiger charge is -1.96. The Morgan fingerprint density at radius 3 is 2.33 bits per heavy atom. The Labute approximate surface area is 97.7 Å². The van der Waals surface area contributed by atoms with Gasteiger partial charge in [-0.3, -0.25) is 4.79 Å². The molecule has 0 aliphatic heterocycles. The molecule has 0 bridgehead atoms. The van der Waals surface area contributed by atoms with E-state index in [1.54, 1.807) is 18.3 Å². The molecule has 0 saturated heterocycles. The standard InChI is InChI=1S/C12H14OS2/c1-5-9-6(2)10-7(3)11(8(4)13)15-12(10)14-9/h5H2,1-4H3. The van der Waals surface area contributed by atoms with Crippen molar-refractivity contribution in [1.82, 2.24) is 0 Å². The van der Waals surface area contributed by atoms with Crippen molar-refractivity contribution in [3.63, 3.8) is 0 Å². The second-order valence-electron chi connectivity index (χ2n) is 3.78. The monoisotopic (exact) mass is 238 g/mol. The van der Waals surface area contributed by atoms with E-state index in [2.05, 4.69) is 20.8 Å². The normalized spacial score (nSPS) is 11.2. The SMILES string of the molecule is CCc1sc2sc(C(C)=O)c(C)c2c1C. The number of carbonyl (C=O) groups is 1. The van der Waals surface area contributed by atoms with Gasteiger partial charge in [-0.05, 0) is 38.3 Å². The number of carbonyl (C=O) groups excluding carboxylic acids is 1. The lowest BCUT2D eigenvalue weighted by molar-refractivity contribution is 0.102. The molecule has 0 spiro atoms. The molecule has 0 amide bonds. The lowest BCUT2D eigenvalue weighted by atomic mass is 10.1. The average molecular weight is 238 g/mol. The molecule has 0 atom stereocenters. The second-order valence-corrected chi connectivity index (χ2v) is 6.16. The number of ketones is 1. The van der Waals surface area contributed by atoms with Crippen LogP contribution in [0.2, 0.25) is 0 Å². The van der Waals surface area contributed by atoms with Crippen LogP contribution in [0.15, 0.2) is 0 Å². The highest BCUT2D eigenvalue weighted by atomic mass is 32.2. The van der Waals surface area contributed by atoms with Crippen molar-refractivity contribution in [2.24, 2.45) is 0 Å². The van der Waals surface area contributed by atoms with Crippen LogP contribution in [-0.2, 0) is 6.42 Å². The molecular formula is C12H14OS2. The number of hydrogen-bond donors (Lipinski definition) is 0. The van der Waals surface area contributed by atoms with E-state index in [9.17, 15) is 4.79 Å². The summed E-state index contributed by atoms with van der Waals surface area (Å²) in [5.74, 6) is 0.193. The van der Waals surface area contributed by atoms with Crippen LogP contribution >= 0.6 is 22.7 Å². The molecular weight excluding hydrogens is 224 g/mol. The molecule has 3 heteroatoms. The van der Waals surface area contributed by atoms with E-state index >= 15 is 0 Å². The number of aryl methyl sites for hydroxylation is 3. The predicted octanol–water partition coefficient (Wildman–Crippen LogP) is 4.34. The Morgan fingerprint density at radius 1 is 1.20 bits per heavy atom. The zero-order valence-electron chi connectivity index (χ0n) is 9.43. The van der Waals surface area contributed by atoms with Crippen molar-refractivity contribution in [2.75, 3.05) is 0 Å². The molecule has 0 radical (unpaired) electrons. The number of Topliss-reactive ketones (excluding diaryl/α,β-unsaturated/α-hetero) is 1. The van der Waals surface area contributed by atoms with Crippen LogP contribution in [0.1, 0.15) is 39.5 Å². The summed E-state index contributed by atoms with van der Waals surface area (Å²) in [5, 5.41) is 1.33. The molecule has 0 aromatic carbocycles. The minimum atomic E-state index is 0.193. The van der Waals surface area contributed by atoms with Crippen molar-refractivity contribution >= 4 is 37.9 Å². The van der Waals surface area contributed by atoms with Crippen molar-refractivity contribution in [1.29, 1.82) is 0 Å². The van der Waals surface area contributed by atoms with E-state index in [4.69, 9.17) is 0 Å². The van der Waals surface area contributed by atoms with Crippen LogP contribution in [0.4, 0.5) is 0 Å². The Balaban J connectivity index is 2.76. The van der Waals surface area contributed by atoms with Gasteiger partial charge in [-0.25, -0.2) is 0 Å². The topological polar surface area (TPSA) is 17.1 Å². The molecule has 0 aliphatic carbocycles. The third kappa shape index (κ3) is 1.54. The molecule has 0 N–H and O–H groups in total. The van der Waals surface area contributed by atoms with Gasteiger partial charge in [0.25, 0.3) is 0 Å². The first-order chi connectivity index (χ1) is 7.06. The van der Waals surface area contributed by atoms with Crippen molar-refractivity contribution < 1.29 is 4.79 Å². The van der Waals surface area contributed by atoms with Crippen LogP contribution in [0.5, 0.6) is 0 Å². The first-order valence-corrected chi connectivity index (χ1v) is 6.71. The number of fused-ring (bicyclic) bond motifs is 1. The quantitative estimate of drug-likeness (QED) is 0.711. The van der Waals surface area contributed by atoms with Crippen LogP contribution in [0.25, 0.3) is 9.40 Å². The number of hydrogen-bond acceptors (Lipinski definition) is 3. The highest BCUT2D eigenvalue weighted by Crippen LogP contribution is 2.40. The molecule has 2 aromatic heterocycles. The maximum atomic E-state index is 11.4. The minimum Gasteiger partial charge on any atom is -0.294 e. The summed E-state index contributed by atoms with van der Waals surface area (Å²) < 4.78 is 1.31. The minimum absolute atomic E-state index is 0.193. The van der Waals surface area contributed by atoms with Gasteiger partial charge >= 0.3 is 0 Å². The molecule has 1 nitrogen and oxygen atoms in total. The van der Waals surface area contributed by atoms with Gasteiger partial charge in [-0.2, -0.15) is 0 Å². The van der Waals surface area contributed by atoms with Crippen LogP contribution in [-0.4, -0.2) is 5.78 Å². The number of thiophene rings is 2. The third-order valence-corrected chi connectivity index (χ3v) is 5.68. The maximum absolute atomic E-state index is 11.4. The zero-order chi connectivity index (χ0) is 11.2. The molecule has 0 saturated carbocycles. The first kappa shape index (κ1) is 10.8. The maximum Gasteiger partial charge on any atom is 0.170 e. The fourth-order valence-corrected chi connectivity index (χ4v) is 4.74. The Bertz CT molecular complexity index is 531. The second kappa shape index (κ2) is 3.72. The van der Waals surface area contributed by atoms with Gasteiger partial charge in [0.2, 0.25) is 0 Å². The molecule has 15 heavy (non-hydrogen) atoms. The molecule has 0 aliphatic rings. The Hall–Kier alpha value is -0.670. The fourth-order valence-electron chi connectivity index (χ4n) is 1.99. The summed E-state index contributed by atoms with van der Waals surface area (Å²) in [5.41, 5.74) is 2.55. The van der Waals surface area contributed by atoms with E-state index in [0.29, 0.717) is 0 Å². The molecule has 2 aromatic rings. The molecule has 2 heterocycles. The van der Waals surface area contributed by atoms with E-state index in [1.807, 2.05) is 11.3 Å². The van der Waals surface area contributed by atoms with Gasteiger partial charge in [0.15, 0.2) is 5.78 Å². The largest absolute Gasteiger partial charge is 0.294 e. The highest BCUT2D eigenvalue weighted by molar-refractivity contribution is 7.39. The van der Waals surface area contributed by atoms with Gasteiger partial charge in [0.1, 0.15) is 0 Å². The summed E-state index contributed by atoms with van der Waals surface area (Å²) in [6.07, 6.45) is 1.09. The summed E-state index contributed by atoms with van der Waals surface area (Å²) in [6, 6.07) is 0. The van der Waals surface area contributed by atoms with Gasteiger partial charge in [0, 0.05) is 10.3 Å². The summed E-state index contributed by atoms with van der Waals surface area (Å²) in [6.45, 7) is 8.07. The average Bonchev–Trinajstić information content (AvgIpc) is 2.65. The van der Waals surface area contributed by atoms with Gasteiger partial charge in [0.05, 0.1) is 8.89 Å². The molecule has 0 fully saturated rings. The first-order valence-electron chi connectivity index (χ1n) is 5.08. The van der Waals surface area contributed by atoms with E-state index in [-0.39, 0.29) is 5.78 Å². The van der Waals surface area contributed by atoms with Gasteiger partial charge < -0.3 is 0 Å². The Morgan fingerprint density at radius 2 is 1.87 bits per heavy atom. The predicted molar refractivity (Wildman–Crippen MR) is 68.6 cm³/mol. The van der Waals surface area contributed by atoms with E-state index in [1.165, 1.54) is 25.4 Å². The van der Waals surface area contributed by atoms with Crippen LogP contribution in [0.3, 0.4) is 0 Å². The van der Waals surface area contributed by atoms with E-state index < -0.39 is 0 Å². The van der Waals surface area contributed by atoms with Crippen molar-refractivity contribution in [3.05, 3.63) is 20.9 Å². The van der Waals surface area contributed by atoms with E-state index in [0.717, 1.165) is 11.3 Å². The van der Waals surface area contributed by atoms with Gasteiger partial charge in [-0.1, -0.05) is 6.92 Å². The summed E-state index contributed by atoms with van der Waals surface area (Å²) in [7, 11) is 0. The lowest BCUT2D eigenvalue weighted by Crippen LogP contribution is -1.89. The van der Waals surface area contributed by atoms with Crippen molar-refractivity contribution in [3.8, 4) is 0 Å². The smallest absolute Gasteiger partial charge is 0.170 e. The number of rotatable bonds is 2. The zero-order valence-corrected chi connectivity index (χ0v) is 11.1. The third-order valence-electron chi connectivity index (χ3n) is 2.76. The highest BCUT2D eigenvalue weighted by Gasteiger charge is 2.17. The summed E-state index contributed by atoms with van der Waals surface area (Å²) in [4.78, 5) is 13.8. The van der Waals surface area contributed by atoms with Crippen LogP contribution < -0.4 is 0 Å². The fraction of sp³-hybridized carbons (Fsp3) is 0.417. The van der Waals surface area contributed by atoms with Crippen LogP contribution in [0, 0.1) is 13.8 Å². The van der Waals surface area contributed by atoms with Crippen molar-refractivity contribution in [2.45, 2.75) is 34.1 Å². The van der Waals surface area contributed by atoms with Gasteiger partial charge in [-0.15, -0.1) is 22.7 Å². The molecule has 80 valence electrons. The Kier molecular flexibility index (Phi) is 2.69. The molecule has 0 unspecified atom stereocenters.